The van der Waals surface area contributed by atoms with Gasteiger partial charge in [-0.2, -0.15) is 0 Å². The third-order valence-electron chi connectivity index (χ3n) is 2.66. The van der Waals surface area contributed by atoms with Crippen LogP contribution in [0.4, 0.5) is 0 Å². The summed E-state index contributed by atoms with van der Waals surface area (Å²) in [7, 11) is 0. The Bertz CT molecular complexity index is 496. The van der Waals surface area contributed by atoms with Gasteiger partial charge in [0.25, 0.3) is 0 Å². The van der Waals surface area contributed by atoms with Gasteiger partial charge in [-0.1, -0.05) is 40.2 Å². The molecule has 2 aromatic rings. The van der Waals surface area contributed by atoms with E-state index in [-0.39, 0.29) is 11.8 Å². The maximum atomic E-state index is 9.39. The largest absolute Gasteiger partial charge is 0.508 e. The number of rotatable bonds is 3. The smallest absolute Gasteiger partial charge is 0.115 e. The molecule has 0 heterocycles. The van der Waals surface area contributed by atoms with Gasteiger partial charge in [-0.3, -0.25) is 0 Å². The molecule has 3 N–H and O–H groups in total. The number of phenols is 1. The fraction of sp³-hybridized carbons (Fsp3) is 0.143. The summed E-state index contributed by atoms with van der Waals surface area (Å²) in [6, 6.07) is 15.2. The second-order valence-corrected chi connectivity index (χ2v) is 4.95. The van der Waals surface area contributed by atoms with E-state index >= 15 is 0 Å². The van der Waals surface area contributed by atoms with Crippen molar-refractivity contribution in [3.8, 4) is 5.75 Å². The molecular weight excluding hydrogens is 278 g/mol. The number of phenolic OH excluding ortho intramolecular Hbond substituents is 1. The van der Waals surface area contributed by atoms with Crippen molar-refractivity contribution in [3.63, 3.8) is 0 Å². The number of nitrogens with two attached hydrogens (primary N) is 1. The third kappa shape index (κ3) is 3.32. The van der Waals surface area contributed by atoms with Gasteiger partial charge in [0.05, 0.1) is 0 Å². The Morgan fingerprint density at radius 1 is 1.12 bits per heavy atom. The lowest BCUT2D eigenvalue weighted by atomic mass is 10.00. The molecule has 0 amide bonds. The van der Waals surface area contributed by atoms with Gasteiger partial charge in [0.1, 0.15) is 5.75 Å². The van der Waals surface area contributed by atoms with Crippen molar-refractivity contribution in [1.82, 2.24) is 0 Å². The first kappa shape index (κ1) is 12.1. The minimum Gasteiger partial charge on any atom is -0.508 e. The summed E-state index contributed by atoms with van der Waals surface area (Å²) in [6.45, 7) is 0. The van der Waals surface area contributed by atoms with Gasteiger partial charge in [-0.15, -0.1) is 0 Å². The van der Waals surface area contributed by atoms with E-state index in [2.05, 4.69) is 15.9 Å². The highest BCUT2D eigenvalue weighted by atomic mass is 79.9. The summed E-state index contributed by atoms with van der Waals surface area (Å²) in [4.78, 5) is 0. The second-order valence-electron chi connectivity index (χ2n) is 4.03. The summed E-state index contributed by atoms with van der Waals surface area (Å²) >= 11 is 3.40. The molecular formula is C14H14BrNO. The maximum absolute atomic E-state index is 9.39. The highest BCUT2D eigenvalue weighted by molar-refractivity contribution is 9.10. The molecule has 0 aliphatic carbocycles. The van der Waals surface area contributed by atoms with Crippen LogP contribution in [0.2, 0.25) is 0 Å². The molecule has 1 atom stereocenters. The molecule has 0 fully saturated rings. The third-order valence-corrected chi connectivity index (χ3v) is 3.19. The Hall–Kier alpha value is -1.32. The number of hydrogen-bond acceptors (Lipinski definition) is 2. The van der Waals surface area contributed by atoms with Crippen molar-refractivity contribution in [2.75, 3.05) is 0 Å². The lowest BCUT2D eigenvalue weighted by molar-refractivity contribution is 0.474. The fourth-order valence-corrected chi connectivity index (χ4v) is 2.03. The van der Waals surface area contributed by atoms with Crippen LogP contribution in [0.25, 0.3) is 0 Å². The van der Waals surface area contributed by atoms with Crippen LogP contribution in [-0.4, -0.2) is 5.11 Å². The lowest BCUT2D eigenvalue weighted by Gasteiger charge is -2.12. The average Bonchev–Trinajstić information content (AvgIpc) is 2.29. The quantitative estimate of drug-likeness (QED) is 0.910. The number of hydrogen-bond donors (Lipinski definition) is 2. The van der Waals surface area contributed by atoms with E-state index in [1.54, 1.807) is 12.1 Å². The van der Waals surface area contributed by atoms with Crippen LogP contribution in [0.1, 0.15) is 17.2 Å². The van der Waals surface area contributed by atoms with Gasteiger partial charge in [0, 0.05) is 10.5 Å². The number of benzene rings is 2. The molecule has 0 spiro atoms. The van der Waals surface area contributed by atoms with Crippen LogP contribution in [0.3, 0.4) is 0 Å². The lowest BCUT2D eigenvalue weighted by Crippen LogP contribution is -2.13. The van der Waals surface area contributed by atoms with Gasteiger partial charge < -0.3 is 10.8 Å². The molecule has 17 heavy (non-hydrogen) atoms. The molecule has 1 unspecified atom stereocenters. The SMILES string of the molecule is NC(Cc1cccc(O)c1)c1ccc(Br)cc1. The van der Waals surface area contributed by atoms with Gasteiger partial charge in [0.2, 0.25) is 0 Å². The monoisotopic (exact) mass is 291 g/mol. The van der Waals surface area contributed by atoms with Gasteiger partial charge in [-0.25, -0.2) is 0 Å². The number of aromatic hydroxyl groups is 1. The molecule has 88 valence electrons. The highest BCUT2D eigenvalue weighted by Gasteiger charge is 2.07. The first-order chi connectivity index (χ1) is 8.15. The van der Waals surface area contributed by atoms with E-state index in [9.17, 15) is 5.11 Å². The summed E-state index contributed by atoms with van der Waals surface area (Å²) in [6.07, 6.45) is 0.718. The average molecular weight is 292 g/mol. The molecule has 2 aromatic carbocycles. The Balaban J connectivity index is 2.11. The molecule has 0 aliphatic heterocycles. The molecule has 0 saturated carbocycles. The molecule has 2 rings (SSSR count). The zero-order valence-electron chi connectivity index (χ0n) is 9.31. The van der Waals surface area contributed by atoms with E-state index in [0.29, 0.717) is 0 Å². The van der Waals surface area contributed by atoms with Crippen molar-refractivity contribution in [1.29, 1.82) is 0 Å². The summed E-state index contributed by atoms with van der Waals surface area (Å²) in [5, 5.41) is 9.39. The summed E-state index contributed by atoms with van der Waals surface area (Å²) in [5.41, 5.74) is 8.27. The van der Waals surface area contributed by atoms with Gasteiger partial charge in [0.15, 0.2) is 0 Å². The fourth-order valence-electron chi connectivity index (χ4n) is 1.77. The Kier molecular flexibility index (Phi) is 3.82. The number of halogens is 1. The van der Waals surface area contributed by atoms with E-state index in [0.717, 1.165) is 22.0 Å². The van der Waals surface area contributed by atoms with Crippen molar-refractivity contribution in [3.05, 3.63) is 64.1 Å². The molecule has 0 aromatic heterocycles. The van der Waals surface area contributed by atoms with Gasteiger partial charge >= 0.3 is 0 Å². The van der Waals surface area contributed by atoms with Crippen LogP contribution >= 0.6 is 15.9 Å². The van der Waals surface area contributed by atoms with E-state index in [1.165, 1.54) is 0 Å². The van der Waals surface area contributed by atoms with Crippen LogP contribution in [0, 0.1) is 0 Å². The molecule has 0 radical (unpaired) electrons. The minimum atomic E-state index is -0.0510. The van der Waals surface area contributed by atoms with Crippen LogP contribution < -0.4 is 5.73 Å². The molecule has 3 heteroatoms. The molecule has 0 bridgehead atoms. The topological polar surface area (TPSA) is 46.2 Å². The second kappa shape index (κ2) is 5.34. The highest BCUT2D eigenvalue weighted by Crippen LogP contribution is 2.20. The Morgan fingerprint density at radius 3 is 2.47 bits per heavy atom. The first-order valence-electron chi connectivity index (χ1n) is 5.44. The molecule has 0 saturated heterocycles. The van der Waals surface area contributed by atoms with Crippen molar-refractivity contribution < 1.29 is 5.11 Å². The van der Waals surface area contributed by atoms with E-state index < -0.39 is 0 Å². The molecule has 2 nitrogen and oxygen atoms in total. The molecule has 0 aliphatic rings. The van der Waals surface area contributed by atoms with Crippen molar-refractivity contribution in [2.24, 2.45) is 5.73 Å². The summed E-state index contributed by atoms with van der Waals surface area (Å²) in [5.74, 6) is 0.283. The van der Waals surface area contributed by atoms with Gasteiger partial charge in [-0.05, 0) is 41.8 Å². The standard InChI is InChI=1S/C14H14BrNO/c15-12-6-4-11(5-7-12)14(16)9-10-2-1-3-13(17)8-10/h1-8,14,17H,9,16H2. The zero-order chi connectivity index (χ0) is 12.3. The van der Waals surface area contributed by atoms with E-state index in [1.807, 2.05) is 36.4 Å². The van der Waals surface area contributed by atoms with Crippen molar-refractivity contribution >= 4 is 15.9 Å². The van der Waals surface area contributed by atoms with Crippen LogP contribution in [0.15, 0.2) is 53.0 Å². The van der Waals surface area contributed by atoms with Crippen LogP contribution in [-0.2, 0) is 6.42 Å². The first-order valence-corrected chi connectivity index (χ1v) is 6.23. The van der Waals surface area contributed by atoms with Crippen molar-refractivity contribution in [2.45, 2.75) is 12.5 Å². The summed E-state index contributed by atoms with van der Waals surface area (Å²) < 4.78 is 1.05. The zero-order valence-corrected chi connectivity index (χ0v) is 10.9. The Labute approximate surface area is 109 Å². The Morgan fingerprint density at radius 2 is 1.82 bits per heavy atom. The normalized spacial score (nSPS) is 12.4. The van der Waals surface area contributed by atoms with Crippen LogP contribution in [0.5, 0.6) is 5.75 Å². The predicted molar refractivity (Wildman–Crippen MR) is 72.9 cm³/mol. The van der Waals surface area contributed by atoms with E-state index in [4.69, 9.17) is 5.73 Å². The minimum absolute atomic E-state index is 0.0510. The predicted octanol–water partition coefficient (Wildman–Crippen LogP) is 3.40. The maximum Gasteiger partial charge on any atom is 0.115 e.